The van der Waals surface area contributed by atoms with Gasteiger partial charge in [0.05, 0.1) is 11.0 Å². The quantitative estimate of drug-likeness (QED) is 0.411. The highest BCUT2D eigenvalue weighted by Crippen LogP contribution is 2.66. The average Bonchev–Trinajstić information content (AvgIpc) is 3.31. The molecular formula is C30H33NO7. The average molecular weight is 520 g/mol. The van der Waals surface area contributed by atoms with Crippen LogP contribution in [0.4, 0.5) is 5.69 Å². The summed E-state index contributed by atoms with van der Waals surface area (Å²) < 4.78 is 16.9. The second kappa shape index (κ2) is 8.68. The number of benzene rings is 2. The van der Waals surface area contributed by atoms with Gasteiger partial charge < -0.3 is 19.1 Å². The van der Waals surface area contributed by atoms with E-state index in [0.717, 1.165) is 5.56 Å². The van der Waals surface area contributed by atoms with E-state index in [0.29, 0.717) is 30.6 Å². The number of amides is 1. The summed E-state index contributed by atoms with van der Waals surface area (Å²) in [4.78, 5) is 53.6. The molecule has 3 aliphatic rings. The van der Waals surface area contributed by atoms with Crippen molar-refractivity contribution >= 4 is 29.5 Å². The number of carbonyl (C=O) groups is 4. The molecule has 8 heteroatoms. The predicted octanol–water partition coefficient (Wildman–Crippen LogP) is 4.45. The molecule has 2 bridgehead atoms. The summed E-state index contributed by atoms with van der Waals surface area (Å²) in [6.45, 7) is 9.74. The molecule has 1 aliphatic carbocycles. The molecule has 0 aromatic heterocycles. The standard InChI is InChI=1S/C30H33NO7/c1-27(2)18-31(21-13-11-20(12-14-21)24(33)36-17-19-9-7-6-8-10-19)23(32)22(27)37-26(35)30-16-15-29(5,25(34)38-30)28(30,3)4/h6-14,22H,15-18H2,1-5H3/t22-,29+,30-/m1/s1. The van der Waals surface area contributed by atoms with Crippen LogP contribution in [0.25, 0.3) is 0 Å². The molecule has 2 aromatic carbocycles. The molecular weight excluding hydrogens is 486 g/mol. The number of carbonyl (C=O) groups excluding carboxylic acids is 4. The first-order valence-corrected chi connectivity index (χ1v) is 12.9. The van der Waals surface area contributed by atoms with Crippen LogP contribution in [0.15, 0.2) is 54.6 Å². The van der Waals surface area contributed by atoms with Gasteiger partial charge in [-0.3, -0.25) is 9.59 Å². The molecule has 5 rings (SSSR count). The largest absolute Gasteiger partial charge is 0.457 e. The van der Waals surface area contributed by atoms with Crippen molar-refractivity contribution in [3.63, 3.8) is 0 Å². The molecule has 0 radical (unpaired) electrons. The summed E-state index contributed by atoms with van der Waals surface area (Å²) in [6, 6.07) is 16.0. The Morgan fingerprint density at radius 1 is 0.947 bits per heavy atom. The van der Waals surface area contributed by atoms with Gasteiger partial charge in [0, 0.05) is 23.1 Å². The van der Waals surface area contributed by atoms with Crippen molar-refractivity contribution in [1.82, 2.24) is 0 Å². The molecule has 2 aliphatic heterocycles. The van der Waals surface area contributed by atoms with E-state index in [1.165, 1.54) is 0 Å². The van der Waals surface area contributed by atoms with E-state index < -0.39 is 45.9 Å². The Morgan fingerprint density at radius 3 is 2.18 bits per heavy atom. The zero-order chi connectivity index (χ0) is 27.5. The van der Waals surface area contributed by atoms with Crippen molar-refractivity contribution in [2.45, 2.75) is 65.8 Å². The summed E-state index contributed by atoms with van der Waals surface area (Å²) in [7, 11) is 0. The van der Waals surface area contributed by atoms with Crippen molar-refractivity contribution in [3.8, 4) is 0 Å². The van der Waals surface area contributed by atoms with E-state index in [9.17, 15) is 19.2 Å². The molecule has 3 fully saturated rings. The van der Waals surface area contributed by atoms with Gasteiger partial charge in [0.1, 0.15) is 6.61 Å². The molecule has 200 valence electrons. The van der Waals surface area contributed by atoms with E-state index >= 15 is 0 Å². The first kappa shape index (κ1) is 25.9. The van der Waals surface area contributed by atoms with Crippen molar-refractivity contribution in [1.29, 1.82) is 0 Å². The topological polar surface area (TPSA) is 99.2 Å². The third kappa shape index (κ3) is 3.72. The SMILES string of the molecule is CC1(C)CN(c2ccc(C(=O)OCc3ccccc3)cc2)C(=O)[C@H]1OC(=O)[C@@]12CC[C@@](C)(C(=O)O1)C2(C)C. The second-order valence-corrected chi connectivity index (χ2v) is 12.0. The first-order chi connectivity index (χ1) is 17.8. The number of rotatable bonds is 6. The van der Waals surface area contributed by atoms with Crippen LogP contribution >= 0.6 is 0 Å². The Morgan fingerprint density at radius 2 is 1.61 bits per heavy atom. The Labute approximate surface area is 222 Å². The molecule has 0 spiro atoms. The Kier molecular flexibility index (Phi) is 5.93. The third-order valence-electron chi connectivity index (χ3n) is 9.03. The highest BCUT2D eigenvalue weighted by Gasteiger charge is 2.77. The minimum Gasteiger partial charge on any atom is -0.457 e. The predicted molar refractivity (Wildman–Crippen MR) is 138 cm³/mol. The van der Waals surface area contributed by atoms with E-state index in [4.69, 9.17) is 14.2 Å². The number of anilines is 1. The van der Waals surface area contributed by atoms with Crippen molar-refractivity contribution in [2.75, 3.05) is 11.4 Å². The minimum atomic E-state index is -1.40. The number of hydrogen-bond acceptors (Lipinski definition) is 7. The molecule has 0 unspecified atom stereocenters. The first-order valence-electron chi connectivity index (χ1n) is 12.9. The fourth-order valence-electron chi connectivity index (χ4n) is 5.96. The van der Waals surface area contributed by atoms with E-state index in [-0.39, 0.29) is 12.5 Å². The van der Waals surface area contributed by atoms with Crippen LogP contribution in [0.5, 0.6) is 0 Å². The van der Waals surface area contributed by atoms with Crippen LogP contribution in [-0.2, 0) is 35.2 Å². The molecule has 2 heterocycles. The number of fused-ring (bicyclic) bond motifs is 2. The number of hydrogen-bond donors (Lipinski definition) is 0. The third-order valence-corrected chi connectivity index (χ3v) is 9.03. The van der Waals surface area contributed by atoms with E-state index in [2.05, 4.69) is 0 Å². The number of nitrogens with zero attached hydrogens (tertiary/aromatic N) is 1. The zero-order valence-electron chi connectivity index (χ0n) is 22.4. The van der Waals surface area contributed by atoms with Crippen LogP contribution in [0.2, 0.25) is 0 Å². The Balaban J connectivity index is 1.28. The van der Waals surface area contributed by atoms with Crippen LogP contribution in [0.3, 0.4) is 0 Å². The summed E-state index contributed by atoms with van der Waals surface area (Å²) >= 11 is 0. The number of esters is 3. The zero-order valence-corrected chi connectivity index (χ0v) is 22.4. The van der Waals surface area contributed by atoms with Crippen LogP contribution in [0, 0.1) is 16.2 Å². The van der Waals surface area contributed by atoms with Gasteiger partial charge in [-0.2, -0.15) is 0 Å². The minimum absolute atomic E-state index is 0.167. The summed E-state index contributed by atoms with van der Waals surface area (Å²) in [5.41, 5.74) is -1.77. The summed E-state index contributed by atoms with van der Waals surface area (Å²) in [6.07, 6.45) is -0.141. The molecule has 1 saturated carbocycles. The van der Waals surface area contributed by atoms with Crippen LogP contribution in [0.1, 0.15) is 63.4 Å². The number of ether oxygens (including phenoxy) is 3. The van der Waals surface area contributed by atoms with Gasteiger partial charge in [-0.05, 0) is 49.6 Å². The van der Waals surface area contributed by atoms with Crippen LogP contribution < -0.4 is 4.90 Å². The fraction of sp³-hybridized carbons (Fsp3) is 0.467. The summed E-state index contributed by atoms with van der Waals surface area (Å²) in [5, 5.41) is 0. The molecule has 1 amide bonds. The fourth-order valence-corrected chi connectivity index (χ4v) is 5.96. The molecule has 2 aromatic rings. The van der Waals surface area contributed by atoms with Crippen molar-refractivity contribution < 1.29 is 33.4 Å². The van der Waals surface area contributed by atoms with Gasteiger partial charge in [-0.25, -0.2) is 9.59 Å². The second-order valence-electron chi connectivity index (χ2n) is 12.0. The lowest BCUT2D eigenvalue weighted by Gasteiger charge is -2.36. The molecule has 0 N–H and O–H groups in total. The lowest BCUT2D eigenvalue weighted by molar-refractivity contribution is -0.190. The highest BCUT2D eigenvalue weighted by atomic mass is 16.6. The molecule has 2 saturated heterocycles. The molecule has 3 atom stereocenters. The normalized spacial score (nSPS) is 28.8. The maximum atomic E-state index is 13.5. The summed E-state index contributed by atoms with van der Waals surface area (Å²) in [5.74, 6) is -1.88. The van der Waals surface area contributed by atoms with E-state index in [1.54, 1.807) is 29.2 Å². The van der Waals surface area contributed by atoms with E-state index in [1.807, 2.05) is 65.0 Å². The highest BCUT2D eigenvalue weighted by molar-refractivity contribution is 6.02. The monoisotopic (exact) mass is 519 g/mol. The van der Waals surface area contributed by atoms with Gasteiger partial charge >= 0.3 is 17.9 Å². The maximum absolute atomic E-state index is 13.5. The lowest BCUT2D eigenvalue weighted by Crippen LogP contribution is -2.51. The van der Waals surface area contributed by atoms with Gasteiger partial charge in [-0.15, -0.1) is 0 Å². The van der Waals surface area contributed by atoms with Gasteiger partial charge in [0.15, 0.2) is 6.10 Å². The molecule has 8 nitrogen and oxygen atoms in total. The van der Waals surface area contributed by atoms with Gasteiger partial charge in [0.25, 0.3) is 5.91 Å². The van der Waals surface area contributed by atoms with Crippen molar-refractivity contribution in [3.05, 3.63) is 65.7 Å². The Bertz CT molecular complexity index is 1300. The Hall–Kier alpha value is -3.68. The molecule has 38 heavy (non-hydrogen) atoms. The maximum Gasteiger partial charge on any atom is 0.352 e. The van der Waals surface area contributed by atoms with Crippen molar-refractivity contribution in [2.24, 2.45) is 16.2 Å². The lowest BCUT2D eigenvalue weighted by atomic mass is 9.66. The van der Waals surface area contributed by atoms with Gasteiger partial charge in [0.2, 0.25) is 5.60 Å². The van der Waals surface area contributed by atoms with Crippen LogP contribution in [-0.4, -0.2) is 42.1 Å². The van der Waals surface area contributed by atoms with Gasteiger partial charge in [-0.1, -0.05) is 58.0 Å². The smallest absolute Gasteiger partial charge is 0.352 e.